The van der Waals surface area contributed by atoms with Gasteiger partial charge in [-0.15, -0.1) is 0 Å². The highest BCUT2D eigenvalue weighted by atomic mass is 19.4. The highest BCUT2D eigenvalue weighted by Gasteiger charge is 2.38. The third-order valence-corrected chi connectivity index (χ3v) is 6.51. The maximum Gasteiger partial charge on any atom is 0.433 e. The number of nitrogens with one attached hydrogen (secondary N) is 1. The fourth-order valence-electron chi connectivity index (χ4n) is 4.62. The molecule has 0 spiro atoms. The molecule has 186 valence electrons. The smallest absolute Gasteiger partial charge is 0.368 e. The average Bonchev–Trinajstić information content (AvgIpc) is 3.28. The maximum atomic E-state index is 13.9. The summed E-state index contributed by atoms with van der Waals surface area (Å²) in [7, 11) is 0. The normalized spacial score (nSPS) is 14.4. The van der Waals surface area contributed by atoms with Crippen molar-refractivity contribution in [1.29, 1.82) is 0 Å². The molecule has 1 fully saturated rings. The minimum atomic E-state index is -4.73. The predicted molar refractivity (Wildman–Crippen MR) is 130 cm³/mol. The van der Waals surface area contributed by atoms with E-state index in [1.54, 1.807) is 30.0 Å². The molecule has 0 unspecified atom stereocenters. The van der Waals surface area contributed by atoms with Gasteiger partial charge in [-0.2, -0.15) is 13.2 Å². The number of aromatic amines is 1. The number of para-hydroxylation sites is 1. The first-order chi connectivity index (χ1) is 17.2. The predicted octanol–water partition coefficient (Wildman–Crippen LogP) is 3.91. The molecule has 4 aromatic rings. The van der Waals surface area contributed by atoms with Crippen molar-refractivity contribution in [2.75, 3.05) is 31.1 Å². The third-order valence-electron chi connectivity index (χ3n) is 6.51. The van der Waals surface area contributed by atoms with Crippen LogP contribution in [-0.2, 0) is 17.4 Å². The number of anilines is 1. The number of halogens is 3. The molecule has 7 nitrogen and oxygen atoms in total. The van der Waals surface area contributed by atoms with Crippen molar-refractivity contribution in [1.82, 2.24) is 19.5 Å². The Bertz CT molecular complexity index is 1450. The summed E-state index contributed by atoms with van der Waals surface area (Å²) >= 11 is 0. The van der Waals surface area contributed by atoms with Gasteiger partial charge in [-0.05, 0) is 24.6 Å². The molecule has 3 heterocycles. The van der Waals surface area contributed by atoms with Gasteiger partial charge in [-0.1, -0.05) is 48.5 Å². The Morgan fingerprint density at radius 2 is 1.58 bits per heavy atom. The van der Waals surface area contributed by atoms with E-state index in [0.717, 1.165) is 10.2 Å². The highest BCUT2D eigenvalue weighted by Crippen LogP contribution is 2.38. The number of H-pyrrole nitrogens is 1. The van der Waals surface area contributed by atoms with Gasteiger partial charge < -0.3 is 9.80 Å². The molecule has 0 atom stereocenters. The van der Waals surface area contributed by atoms with Crippen LogP contribution >= 0.6 is 0 Å². The van der Waals surface area contributed by atoms with Crippen LogP contribution in [0.5, 0.6) is 0 Å². The summed E-state index contributed by atoms with van der Waals surface area (Å²) in [6.45, 7) is 3.83. The molecule has 1 aliphatic rings. The van der Waals surface area contributed by atoms with E-state index in [2.05, 4.69) is 15.0 Å². The van der Waals surface area contributed by atoms with Crippen molar-refractivity contribution in [3.63, 3.8) is 0 Å². The number of hydrogen-bond donors (Lipinski definition) is 1. The molecule has 5 rings (SSSR count). The molecule has 0 saturated carbocycles. The second kappa shape index (κ2) is 9.18. The van der Waals surface area contributed by atoms with Crippen LogP contribution in [0.3, 0.4) is 0 Å². The quantitative estimate of drug-likeness (QED) is 0.466. The standard InChI is InChI=1S/C26H24F3N5O2/c1-17-20(16-21(35)33-14-12-32(13-15-33)19-10-6-3-7-11-19)25(36)34-24(30-17)22(18-8-4-2-5-9-18)23(31-34)26(27,28)29/h2-11,31H,12-16H2,1H3. The van der Waals surface area contributed by atoms with E-state index < -0.39 is 17.4 Å². The lowest BCUT2D eigenvalue weighted by atomic mass is 10.1. The number of alkyl halides is 3. The Morgan fingerprint density at radius 1 is 0.972 bits per heavy atom. The first-order valence-electron chi connectivity index (χ1n) is 11.6. The van der Waals surface area contributed by atoms with Crippen LogP contribution in [-0.4, -0.2) is 51.6 Å². The SMILES string of the molecule is Cc1nc2c(-c3ccccc3)c(C(F)(F)F)[nH]n2c(=O)c1CC(=O)N1CCN(c2ccccc2)CC1. The van der Waals surface area contributed by atoms with Crippen LogP contribution in [0.15, 0.2) is 65.5 Å². The number of fused-ring (bicyclic) bond motifs is 1. The molecule has 1 aliphatic heterocycles. The number of carbonyl (C=O) groups excluding carboxylic acids is 1. The van der Waals surface area contributed by atoms with Gasteiger partial charge in [0.25, 0.3) is 5.56 Å². The fourth-order valence-corrected chi connectivity index (χ4v) is 4.62. The lowest BCUT2D eigenvalue weighted by molar-refractivity contribution is -0.140. The van der Waals surface area contributed by atoms with Crippen LogP contribution in [0.2, 0.25) is 0 Å². The number of hydrogen-bond acceptors (Lipinski definition) is 4. The summed E-state index contributed by atoms with van der Waals surface area (Å²) < 4.78 is 42.4. The number of rotatable bonds is 4. The number of carbonyl (C=O) groups is 1. The van der Waals surface area contributed by atoms with Crippen molar-refractivity contribution in [2.24, 2.45) is 0 Å². The van der Waals surface area contributed by atoms with Gasteiger partial charge in [0, 0.05) is 43.1 Å². The Kier molecular flexibility index (Phi) is 6.03. The van der Waals surface area contributed by atoms with Crippen LogP contribution in [0.4, 0.5) is 18.9 Å². The average molecular weight is 496 g/mol. The summed E-state index contributed by atoms with van der Waals surface area (Å²) in [5.74, 6) is -0.254. The van der Waals surface area contributed by atoms with Crippen molar-refractivity contribution < 1.29 is 18.0 Å². The van der Waals surface area contributed by atoms with Gasteiger partial charge in [0.05, 0.1) is 12.0 Å². The molecule has 0 radical (unpaired) electrons. The van der Waals surface area contributed by atoms with Crippen LogP contribution in [0.25, 0.3) is 16.8 Å². The van der Waals surface area contributed by atoms with E-state index in [9.17, 15) is 22.8 Å². The van der Waals surface area contributed by atoms with Gasteiger partial charge in [0.1, 0.15) is 5.69 Å². The molecule has 10 heteroatoms. The van der Waals surface area contributed by atoms with Crippen molar-refractivity contribution in [3.8, 4) is 11.1 Å². The molecule has 0 bridgehead atoms. The molecular weight excluding hydrogens is 471 g/mol. The number of aryl methyl sites for hydroxylation is 1. The Balaban J connectivity index is 1.44. The highest BCUT2D eigenvalue weighted by molar-refractivity contribution is 5.82. The van der Waals surface area contributed by atoms with E-state index in [1.165, 1.54) is 12.1 Å². The van der Waals surface area contributed by atoms with E-state index >= 15 is 0 Å². The zero-order valence-corrected chi connectivity index (χ0v) is 19.5. The minimum Gasteiger partial charge on any atom is -0.368 e. The molecule has 1 amide bonds. The Morgan fingerprint density at radius 3 is 2.19 bits per heavy atom. The number of piperazine rings is 1. The second-order valence-electron chi connectivity index (χ2n) is 8.75. The molecular formula is C26H24F3N5O2. The monoisotopic (exact) mass is 495 g/mol. The number of amides is 1. The largest absolute Gasteiger partial charge is 0.433 e. The Labute approximate surface area is 204 Å². The van der Waals surface area contributed by atoms with E-state index in [1.807, 2.05) is 30.3 Å². The molecule has 2 aromatic carbocycles. The number of benzene rings is 2. The first-order valence-corrected chi connectivity index (χ1v) is 11.6. The number of aromatic nitrogens is 3. The van der Waals surface area contributed by atoms with Crippen LogP contribution < -0.4 is 10.5 Å². The van der Waals surface area contributed by atoms with Gasteiger partial charge in [0.15, 0.2) is 5.65 Å². The van der Waals surface area contributed by atoms with Gasteiger partial charge in [0.2, 0.25) is 5.91 Å². The molecule has 36 heavy (non-hydrogen) atoms. The van der Waals surface area contributed by atoms with Crippen LogP contribution in [0.1, 0.15) is 17.0 Å². The van der Waals surface area contributed by atoms with Gasteiger partial charge in [-0.25, -0.2) is 9.50 Å². The Hall–Kier alpha value is -4.08. The third kappa shape index (κ3) is 4.34. The van der Waals surface area contributed by atoms with E-state index in [-0.39, 0.29) is 40.4 Å². The lowest BCUT2D eigenvalue weighted by Crippen LogP contribution is -2.49. The summed E-state index contributed by atoms with van der Waals surface area (Å²) in [5.41, 5.74) is -0.398. The second-order valence-corrected chi connectivity index (χ2v) is 8.75. The maximum absolute atomic E-state index is 13.9. The molecule has 1 saturated heterocycles. The van der Waals surface area contributed by atoms with Gasteiger partial charge in [-0.3, -0.25) is 14.7 Å². The minimum absolute atomic E-state index is 0.0811. The van der Waals surface area contributed by atoms with Crippen molar-refractivity contribution in [2.45, 2.75) is 19.5 Å². The van der Waals surface area contributed by atoms with Crippen LogP contribution in [0, 0.1) is 6.92 Å². The summed E-state index contributed by atoms with van der Waals surface area (Å²) in [6.07, 6.45) is -4.96. The number of nitrogens with zero attached hydrogens (tertiary/aromatic N) is 4. The topological polar surface area (TPSA) is 73.7 Å². The van der Waals surface area contributed by atoms with Gasteiger partial charge >= 0.3 is 6.18 Å². The lowest BCUT2D eigenvalue weighted by Gasteiger charge is -2.36. The van der Waals surface area contributed by atoms with E-state index in [4.69, 9.17) is 0 Å². The first kappa shape index (κ1) is 23.7. The molecule has 1 N–H and O–H groups in total. The molecule has 2 aromatic heterocycles. The van der Waals surface area contributed by atoms with Crippen molar-refractivity contribution >= 4 is 17.2 Å². The zero-order valence-electron chi connectivity index (χ0n) is 19.5. The molecule has 0 aliphatic carbocycles. The van der Waals surface area contributed by atoms with Crippen molar-refractivity contribution in [3.05, 3.63) is 88.0 Å². The summed E-state index contributed by atoms with van der Waals surface area (Å²) in [5, 5.41) is 2.20. The fraction of sp³-hybridized carbons (Fsp3) is 0.269. The zero-order chi connectivity index (χ0) is 25.4. The summed E-state index contributed by atoms with van der Waals surface area (Å²) in [6, 6.07) is 17.9. The van der Waals surface area contributed by atoms with E-state index in [0.29, 0.717) is 26.2 Å². The summed E-state index contributed by atoms with van der Waals surface area (Å²) in [4.78, 5) is 34.5.